The van der Waals surface area contributed by atoms with Gasteiger partial charge in [-0.05, 0) is 45.7 Å². The summed E-state index contributed by atoms with van der Waals surface area (Å²) in [5.41, 5.74) is 3.50. The average Bonchev–Trinajstić information content (AvgIpc) is 2.36. The standard InChI is InChI=1S/C17H29NO/c1-6-16(7-2)18(5)9-8-17(19)15-11-13(3)10-14(4)12-15/h10-12,16-17,19H,6-9H2,1-5H3. The van der Waals surface area contributed by atoms with Crippen LogP contribution in [0.5, 0.6) is 0 Å². The second kappa shape index (κ2) is 7.66. The van der Waals surface area contributed by atoms with Gasteiger partial charge in [-0.1, -0.05) is 43.2 Å². The highest BCUT2D eigenvalue weighted by Crippen LogP contribution is 2.20. The monoisotopic (exact) mass is 263 g/mol. The fourth-order valence-corrected chi connectivity index (χ4v) is 2.79. The molecule has 2 nitrogen and oxygen atoms in total. The van der Waals surface area contributed by atoms with E-state index in [0.717, 1.165) is 18.5 Å². The Morgan fingerprint density at radius 3 is 2.05 bits per heavy atom. The predicted molar refractivity (Wildman–Crippen MR) is 82.5 cm³/mol. The van der Waals surface area contributed by atoms with Crippen molar-refractivity contribution in [2.45, 2.75) is 59.1 Å². The molecule has 1 rings (SSSR count). The van der Waals surface area contributed by atoms with Gasteiger partial charge in [0.15, 0.2) is 0 Å². The molecular formula is C17H29NO. The zero-order chi connectivity index (χ0) is 14.4. The molecule has 1 aromatic carbocycles. The van der Waals surface area contributed by atoms with Crippen LogP contribution < -0.4 is 0 Å². The summed E-state index contributed by atoms with van der Waals surface area (Å²) in [5, 5.41) is 10.3. The van der Waals surface area contributed by atoms with Crippen molar-refractivity contribution in [2.75, 3.05) is 13.6 Å². The topological polar surface area (TPSA) is 23.5 Å². The highest BCUT2D eigenvalue weighted by atomic mass is 16.3. The Labute approximate surface area is 118 Å². The van der Waals surface area contributed by atoms with Crippen LogP contribution in [-0.2, 0) is 0 Å². The Bertz CT molecular complexity index is 365. The maximum absolute atomic E-state index is 10.3. The molecule has 0 fully saturated rings. The van der Waals surface area contributed by atoms with Crippen molar-refractivity contribution in [3.63, 3.8) is 0 Å². The zero-order valence-electron chi connectivity index (χ0n) is 13.1. The molecule has 0 radical (unpaired) electrons. The Hall–Kier alpha value is -0.860. The van der Waals surface area contributed by atoms with E-state index in [0.29, 0.717) is 6.04 Å². The Morgan fingerprint density at radius 1 is 1.05 bits per heavy atom. The van der Waals surface area contributed by atoms with E-state index in [2.05, 4.69) is 57.8 Å². The molecule has 0 spiro atoms. The van der Waals surface area contributed by atoms with Gasteiger partial charge in [-0.15, -0.1) is 0 Å². The van der Waals surface area contributed by atoms with Crippen LogP contribution >= 0.6 is 0 Å². The molecule has 1 aromatic rings. The van der Waals surface area contributed by atoms with Crippen LogP contribution in [-0.4, -0.2) is 29.6 Å². The molecule has 0 saturated heterocycles. The first kappa shape index (κ1) is 16.2. The maximum atomic E-state index is 10.3. The number of rotatable bonds is 7. The van der Waals surface area contributed by atoms with E-state index in [1.54, 1.807) is 0 Å². The summed E-state index contributed by atoms with van der Waals surface area (Å²) < 4.78 is 0. The van der Waals surface area contributed by atoms with Gasteiger partial charge in [0.2, 0.25) is 0 Å². The van der Waals surface area contributed by atoms with E-state index in [9.17, 15) is 5.11 Å². The van der Waals surface area contributed by atoms with Crippen molar-refractivity contribution in [3.05, 3.63) is 34.9 Å². The lowest BCUT2D eigenvalue weighted by Gasteiger charge is -2.27. The van der Waals surface area contributed by atoms with E-state index in [1.807, 2.05) is 0 Å². The third-order valence-electron chi connectivity index (χ3n) is 3.95. The van der Waals surface area contributed by atoms with Crippen molar-refractivity contribution >= 4 is 0 Å². The fourth-order valence-electron chi connectivity index (χ4n) is 2.79. The molecule has 108 valence electrons. The predicted octanol–water partition coefficient (Wildman–Crippen LogP) is 3.85. The van der Waals surface area contributed by atoms with Gasteiger partial charge in [0.05, 0.1) is 6.10 Å². The van der Waals surface area contributed by atoms with Crippen molar-refractivity contribution in [2.24, 2.45) is 0 Å². The van der Waals surface area contributed by atoms with Crippen molar-refractivity contribution < 1.29 is 5.11 Å². The number of aryl methyl sites for hydroxylation is 2. The molecular weight excluding hydrogens is 234 g/mol. The van der Waals surface area contributed by atoms with Crippen molar-refractivity contribution in [1.29, 1.82) is 0 Å². The van der Waals surface area contributed by atoms with E-state index < -0.39 is 0 Å². The van der Waals surface area contributed by atoms with E-state index >= 15 is 0 Å². The van der Waals surface area contributed by atoms with E-state index in [1.165, 1.54) is 24.0 Å². The Balaban J connectivity index is 2.57. The van der Waals surface area contributed by atoms with E-state index in [4.69, 9.17) is 0 Å². The molecule has 0 heterocycles. The summed E-state index contributed by atoms with van der Waals surface area (Å²) >= 11 is 0. The smallest absolute Gasteiger partial charge is 0.0802 e. The number of aliphatic hydroxyl groups is 1. The SMILES string of the molecule is CCC(CC)N(C)CCC(O)c1cc(C)cc(C)c1. The second-order valence-corrected chi connectivity index (χ2v) is 5.68. The quantitative estimate of drug-likeness (QED) is 0.807. The van der Waals surface area contributed by atoms with Gasteiger partial charge in [0, 0.05) is 12.6 Å². The number of benzene rings is 1. The summed E-state index contributed by atoms with van der Waals surface area (Å²) in [5.74, 6) is 0. The molecule has 0 amide bonds. The first-order valence-corrected chi connectivity index (χ1v) is 7.44. The van der Waals surface area contributed by atoms with Gasteiger partial charge in [0.1, 0.15) is 0 Å². The van der Waals surface area contributed by atoms with Gasteiger partial charge in [-0.2, -0.15) is 0 Å². The van der Waals surface area contributed by atoms with E-state index in [-0.39, 0.29) is 6.10 Å². The zero-order valence-corrected chi connectivity index (χ0v) is 13.1. The van der Waals surface area contributed by atoms with Gasteiger partial charge in [-0.3, -0.25) is 0 Å². The van der Waals surface area contributed by atoms with Gasteiger partial charge in [0.25, 0.3) is 0 Å². The number of hydrogen-bond acceptors (Lipinski definition) is 2. The first-order chi connectivity index (χ1) is 8.97. The van der Waals surface area contributed by atoms with Crippen molar-refractivity contribution in [3.8, 4) is 0 Å². The highest BCUT2D eigenvalue weighted by molar-refractivity contribution is 5.29. The van der Waals surface area contributed by atoms with Crippen LogP contribution in [0.1, 0.15) is 55.9 Å². The number of hydrogen-bond donors (Lipinski definition) is 1. The van der Waals surface area contributed by atoms with Crippen LogP contribution in [0.2, 0.25) is 0 Å². The average molecular weight is 263 g/mol. The molecule has 1 unspecified atom stereocenters. The first-order valence-electron chi connectivity index (χ1n) is 7.44. The highest BCUT2D eigenvalue weighted by Gasteiger charge is 2.14. The van der Waals surface area contributed by atoms with Gasteiger partial charge < -0.3 is 10.0 Å². The summed E-state index contributed by atoms with van der Waals surface area (Å²) in [6.07, 6.45) is 2.80. The molecule has 0 saturated carbocycles. The number of aliphatic hydroxyl groups excluding tert-OH is 1. The third-order valence-corrected chi connectivity index (χ3v) is 3.95. The molecule has 1 atom stereocenters. The lowest BCUT2D eigenvalue weighted by Crippen LogP contribution is -2.32. The summed E-state index contributed by atoms with van der Waals surface area (Å²) in [4.78, 5) is 2.37. The largest absolute Gasteiger partial charge is 0.388 e. The summed E-state index contributed by atoms with van der Waals surface area (Å²) in [6, 6.07) is 6.96. The van der Waals surface area contributed by atoms with Crippen molar-refractivity contribution in [1.82, 2.24) is 4.90 Å². The maximum Gasteiger partial charge on any atom is 0.0802 e. The molecule has 1 N–H and O–H groups in total. The molecule has 19 heavy (non-hydrogen) atoms. The summed E-state index contributed by atoms with van der Waals surface area (Å²) in [7, 11) is 2.16. The van der Waals surface area contributed by atoms with Crippen LogP contribution in [0.4, 0.5) is 0 Å². The van der Waals surface area contributed by atoms with Gasteiger partial charge >= 0.3 is 0 Å². The minimum absolute atomic E-state index is 0.351. The Morgan fingerprint density at radius 2 is 1.58 bits per heavy atom. The molecule has 0 bridgehead atoms. The van der Waals surface area contributed by atoms with Crippen LogP contribution in [0.3, 0.4) is 0 Å². The fraction of sp³-hybridized carbons (Fsp3) is 0.647. The molecule has 0 aromatic heterocycles. The molecule has 0 aliphatic heterocycles. The molecule has 2 heteroatoms. The minimum atomic E-state index is -0.351. The summed E-state index contributed by atoms with van der Waals surface area (Å²) in [6.45, 7) is 9.57. The molecule has 0 aliphatic rings. The van der Waals surface area contributed by atoms with Crippen LogP contribution in [0, 0.1) is 13.8 Å². The lowest BCUT2D eigenvalue weighted by atomic mass is 10.0. The number of nitrogens with zero attached hydrogens (tertiary/aromatic N) is 1. The van der Waals surface area contributed by atoms with Crippen LogP contribution in [0.15, 0.2) is 18.2 Å². The van der Waals surface area contributed by atoms with Crippen LogP contribution in [0.25, 0.3) is 0 Å². The molecule has 0 aliphatic carbocycles. The minimum Gasteiger partial charge on any atom is -0.388 e. The lowest BCUT2D eigenvalue weighted by molar-refractivity contribution is 0.134. The normalized spacial score (nSPS) is 13.3. The third kappa shape index (κ3) is 4.96. The second-order valence-electron chi connectivity index (χ2n) is 5.68. The van der Waals surface area contributed by atoms with Gasteiger partial charge in [-0.25, -0.2) is 0 Å². The Kier molecular flexibility index (Phi) is 6.53.